The molecule has 0 saturated carbocycles. The second-order valence-corrected chi connectivity index (χ2v) is 3.72. The molecular weight excluding hydrogens is 196 g/mol. The largest absolute Gasteiger partial charge is 0.463 e. The number of nitrogens with one attached hydrogen (secondary N) is 2. The van der Waals surface area contributed by atoms with Crippen LogP contribution in [0.5, 0.6) is 0 Å². The molecule has 0 rings (SSSR count). The van der Waals surface area contributed by atoms with Gasteiger partial charge in [-0.2, -0.15) is 0 Å². The fraction of sp³-hybridized carbons (Fsp3) is 0.800. The second-order valence-electron chi connectivity index (χ2n) is 3.72. The minimum atomic E-state index is -0.312. The maximum absolute atomic E-state index is 11.3. The summed E-state index contributed by atoms with van der Waals surface area (Å²) in [6, 6.07) is 0. The van der Waals surface area contributed by atoms with Crippen LogP contribution >= 0.6 is 0 Å². The van der Waals surface area contributed by atoms with Crippen molar-refractivity contribution in [2.75, 3.05) is 20.1 Å². The van der Waals surface area contributed by atoms with Gasteiger partial charge in [0.25, 0.3) is 0 Å². The molecule has 2 N–H and O–H groups in total. The van der Waals surface area contributed by atoms with Crippen LogP contribution in [0.2, 0.25) is 0 Å². The van der Waals surface area contributed by atoms with Crippen LogP contribution < -0.4 is 10.6 Å². The van der Waals surface area contributed by atoms with Gasteiger partial charge in [0.1, 0.15) is 0 Å². The predicted molar refractivity (Wildman–Crippen MR) is 57.3 cm³/mol. The molecule has 0 aromatic carbocycles. The van der Waals surface area contributed by atoms with Crippen molar-refractivity contribution in [2.45, 2.75) is 26.9 Å². The molecule has 88 valence electrons. The van der Waals surface area contributed by atoms with Crippen LogP contribution in [0.25, 0.3) is 0 Å². The van der Waals surface area contributed by atoms with E-state index in [-0.39, 0.29) is 30.4 Å². The molecule has 15 heavy (non-hydrogen) atoms. The Morgan fingerprint density at radius 3 is 2.33 bits per heavy atom. The lowest BCUT2D eigenvalue weighted by Crippen LogP contribution is -2.37. The van der Waals surface area contributed by atoms with Crippen LogP contribution in [-0.2, 0) is 14.3 Å². The average molecular weight is 216 g/mol. The van der Waals surface area contributed by atoms with Gasteiger partial charge in [-0.25, -0.2) is 0 Å². The summed E-state index contributed by atoms with van der Waals surface area (Å²) in [6.45, 7) is 5.89. The van der Waals surface area contributed by atoms with Crippen LogP contribution in [0, 0.1) is 5.92 Å². The van der Waals surface area contributed by atoms with Crippen LogP contribution in [-0.4, -0.2) is 38.1 Å². The number of rotatable bonds is 6. The highest BCUT2D eigenvalue weighted by atomic mass is 16.5. The number of esters is 1. The van der Waals surface area contributed by atoms with Crippen LogP contribution in [0.1, 0.15) is 20.8 Å². The zero-order chi connectivity index (χ0) is 11.8. The Kier molecular flexibility index (Phi) is 6.70. The van der Waals surface area contributed by atoms with E-state index in [1.165, 1.54) is 0 Å². The molecule has 0 aliphatic rings. The molecular formula is C10H20N2O3. The van der Waals surface area contributed by atoms with E-state index in [1.807, 2.05) is 0 Å². The molecule has 0 aromatic rings. The molecule has 1 atom stereocenters. The van der Waals surface area contributed by atoms with E-state index in [1.54, 1.807) is 27.8 Å². The van der Waals surface area contributed by atoms with Gasteiger partial charge in [-0.3, -0.25) is 9.59 Å². The summed E-state index contributed by atoms with van der Waals surface area (Å²) in [5.41, 5.74) is 0. The molecule has 0 radical (unpaired) electrons. The van der Waals surface area contributed by atoms with E-state index in [4.69, 9.17) is 4.74 Å². The molecule has 0 saturated heterocycles. The van der Waals surface area contributed by atoms with Crippen molar-refractivity contribution >= 4 is 11.9 Å². The zero-order valence-corrected chi connectivity index (χ0v) is 9.79. The number of amides is 1. The molecule has 5 nitrogen and oxygen atoms in total. The third kappa shape index (κ3) is 6.90. The Bertz CT molecular complexity index is 217. The monoisotopic (exact) mass is 216 g/mol. The molecule has 0 heterocycles. The maximum atomic E-state index is 11.3. The van der Waals surface area contributed by atoms with E-state index in [2.05, 4.69) is 10.6 Å². The van der Waals surface area contributed by atoms with Gasteiger partial charge in [-0.1, -0.05) is 6.92 Å². The normalized spacial score (nSPS) is 12.3. The number of hydrogen-bond donors (Lipinski definition) is 2. The molecule has 5 heteroatoms. The SMILES string of the molecule is CNCC(=O)NCC(C)C(=O)OC(C)C. The molecule has 0 aliphatic carbocycles. The van der Waals surface area contributed by atoms with E-state index >= 15 is 0 Å². The number of carbonyl (C=O) groups is 2. The predicted octanol–water partition coefficient (Wildman–Crippen LogP) is -0.0903. The minimum Gasteiger partial charge on any atom is -0.463 e. The van der Waals surface area contributed by atoms with E-state index in [0.717, 1.165) is 0 Å². The molecule has 1 amide bonds. The summed E-state index contributed by atoms with van der Waals surface area (Å²) in [5, 5.41) is 5.36. The highest BCUT2D eigenvalue weighted by Gasteiger charge is 2.16. The minimum absolute atomic E-state index is 0.118. The first-order chi connectivity index (χ1) is 6.97. The number of likely N-dealkylation sites (N-methyl/N-ethyl adjacent to an activating group) is 1. The highest BCUT2D eigenvalue weighted by molar-refractivity contribution is 5.79. The fourth-order valence-electron chi connectivity index (χ4n) is 0.922. The van der Waals surface area contributed by atoms with Gasteiger partial charge in [-0.15, -0.1) is 0 Å². The summed E-state index contributed by atoms with van der Waals surface area (Å²) in [4.78, 5) is 22.4. The standard InChI is InChI=1S/C10H20N2O3/c1-7(2)15-10(14)8(3)5-12-9(13)6-11-4/h7-8,11H,5-6H2,1-4H3,(H,12,13). The van der Waals surface area contributed by atoms with Crippen molar-refractivity contribution in [3.8, 4) is 0 Å². The maximum Gasteiger partial charge on any atom is 0.310 e. The highest BCUT2D eigenvalue weighted by Crippen LogP contribution is 2.00. The van der Waals surface area contributed by atoms with E-state index < -0.39 is 0 Å². The van der Waals surface area contributed by atoms with Crippen molar-refractivity contribution in [3.63, 3.8) is 0 Å². The van der Waals surface area contributed by atoms with Gasteiger partial charge in [0.15, 0.2) is 0 Å². The first-order valence-electron chi connectivity index (χ1n) is 5.09. The summed E-state index contributed by atoms with van der Waals surface area (Å²) in [7, 11) is 1.69. The lowest BCUT2D eigenvalue weighted by Gasteiger charge is -2.14. The van der Waals surface area contributed by atoms with Crippen molar-refractivity contribution in [3.05, 3.63) is 0 Å². The van der Waals surface area contributed by atoms with Gasteiger partial charge < -0.3 is 15.4 Å². The Labute approximate surface area is 90.6 Å². The molecule has 0 bridgehead atoms. The Hall–Kier alpha value is -1.10. The number of hydrogen-bond acceptors (Lipinski definition) is 4. The van der Waals surface area contributed by atoms with E-state index in [0.29, 0.717) is 6.54 Å². The third-order valence-corrected chi connectivity index (χ3v) is 1.70. The Morgan fingerprint density at radius 2 is 1.87 bits per heavy atom. The van der Waals surface area contributed by atoms with E-state index in [9.17, 15) is 9.59 Å². The van der Waals surface area contributed by atoms with Crippen molar-refractivity contribution in [1.82, 2.24) is 10.6 Å². The number of ether oxygens (including phenoxy) is 1. The summed E-state index contributed by atoms with van der Waals surface area (Å²) in [6.07, 6.45) is -0.118. The zero-order valence-electron chi connectivity index (χ0n) is 9.79. The van der Waals surface area contributed by atoms with Gasteiger partial charge in [0.2, 0.25) is 5.91 Å². The van der Waals surface area contributed by atoms with Gasteiger partial charge >= 0.3 is 5.97 Å². The van der Waals surface area contributed by atoms with Crippen molar-refractivity contribution in [2.24, 2.45) is 5.92 Å². The van der Waals surface area contributed by atoms with Crippen LogP contribution in [0.15, 0.2) is 0 Å². The molecule has 0 fully saturated rings. The summed E-state index contributed by atoms with van der Waals surface area (Å²) < 4.78 is 5.00. The molecule has 0 spiro atoms. The third-order valence-electron chi connectivity index (χ3n) is 1.70. The van der Waals surface area contributed by atoms with Crippen molar-refractivity contribution < 1.29 is 14.3 Å². The first kappa shape index (κ1) is 13.9. The quantitative estimate of drug-likeness (QED) is 0.609. The van der Waals surface area contributed by atoms with Gasteiger partial charge in [0.05, 0.1) is 18.6 Å². The smallest absolute Gasteiger partial charge is 0.310 e. The molecule has 0 aliphatic heterocycles. The summed E-state index contributed by atoms with van der Waals surface area (Å²) >= 11 is 0. The molecule has 0 aromatic heterocycles. The summed E-state index contributed by atoms with van der Waals surface area (Å²) in [5.74, 6) is -0.718. The Morgan fingerprint density at radius 1 is 1.27 bits per heavy atom. The lowest BCUT2D eigenvalue weighted by molar-refractivity contribution is -0.151. The number of carbonyl (C=O) groups excluding carboxylic acids is 2. The average Bonchev–Trinajstić information content (AvgIpc) is 2.13. The van der Waals surface area contributed by atoms with Gasteiger partial charge in [0, 0.05) is 6.54 Å². The van der Waals surface area contributed by atoms with Gasteiger partial charge in [-0.05, 0) is 20.9 Å². The Balaban J connectivity index is 3.77. The topological polar surface area (TPSA) is 67.4 Å². The molecule has 1 unspecified atom stereocenters. The second kappa shape index (κ2) is 7.23. The first-order valence-corrected chi connectivity index (χ1v) is 5.09. The van der Waals surface area contributed by atoms with Crippen LogP contribution in [0.4, 0.5) is 0 Å². The fourth-order valence-corrected chi connectivity index (χ4v) is 0.922. The lowest BCUT2D eigenvalue weighted by atomic mass is 10.2. The van der Waals surface area contributed by atoms with Crippen molar-refractivity contribution in [1.29, 1.82) is 0 Å². The van der Waals surface area contributed by atoms with Crippen LogP contribution in [0.3, 0.4) is 0 Å².